The van der Waals surface area contributed by atoms with Crippen LogP contribution in [0.25, 0.3) is 0 Å². The van der Waals surface area contributed by atoms with Gasteiger partial charge >= 0.3 is 0 Å². The van der Waals surface area contributed by atoms with Crippen LogP contribution in [0.1, 0.15) is 45.1 Å². The van der Waals surface area contributed by atoms with Crippen LogP contribution in [0.15, 0.2) is 24.7 Å². The minimum absolute atomic E-state index is 0.114. The summed E-state index contributed by atoms with van der Waals surface area (Å²) in [6.07, 6.45) is 3.45. The summed E-state index contributed by atoms with van der Waals surface area (Å²) in [4.78, 5) is 8.57. The third-order valence-electron chi connectivity index (χ3n) is 2.93. The highest BCUT2D eigenvalue weighted by Gasteiger charge is 2.09. The number of hydrogen-bond acceptors (Lipinski definition) is 5. The van der Waals surface area contributed by atoms with E-state index >= 15 is 0 Å². The lowest BCUT2D eigenvalue weighted by atomic mass is 10.2. The van der Waals surface area contributed by atoms with Crippen molar-refractivity contribution in [1.82, 2.24) is 25.1 Å². The first-order valence-electron chi connectivity index (χ1n) is 7.27. The van der Waals surface area contributed by atoms with E-state index in [-0.39, 0.29) is 6.10 Å². The van der Waals surface area contributed by atoms with Crippen molar-refractivity contribution in [3.63, 3.8) is 0 Å². The Hall–Kier alpha value is -1.95. The second kappa shape index (κ2) is 7.17. The average molecular weight is 289 g/mol. The van der Waals surface area contributed by atoms with Gasteiger partial charge in [-0.15, -0.1) is 0 Å². The molecule has 6 nitrogen and oxygen atoms in total. The molecule has 0 bridgehead atoms. The van der Waals surface area contributed by atoms with Gasteiger partial charge in [-0.1, -0.05) is 6.07 Å². The van der Waals surface area contributed by atoms with Gasteiger partial charge in [0.2, 0.25) is 5.88 Å². The van der Waals surface area contributed by atoms with Crippen molar-refractivity contribution in [3.05, 3.63) is 36.0 Å². The standard InChI is InChI=1S/C15H23N5O/c1-11(2)20-14(18-10-19-20)9-16-8-13-6-5-7-17-15(13)21-12(3)4/h5-7,10-12,16H,8-9H2,1-4H3. The molecular weight excluding hydrogens is 266 g/mol. The number of pyridine rings is 1. The normalized spacial score (nSPS) is 11.3. The molecular formula is C15H23N5O. The quantitative estimate of drug-likeness (QED) is 0.847. The smallest absolute Gasteiger partial charge is 0.218 e. The van der Waals surface area contributed by atoms with Gasteiger partial charge in [0, 0.05) is 24.3 Å². The van der Waals surface area contributed by atoms with Crippen LogP contribution >= 0.6 is 0 Å². The molecule has 0 aliphatic heterocycles. The Morgan fingerprint density at radius 3 is 2.71 bits per heavy atom. The molecule has 114 valence electrons. The largest absolute Gasteiger partial charge is 0.475 e. The first kappa shape index (κ1) is 15.4. The fourth-order valence-electron chi connectivity index (χ4n) is 2.03. The molecule has 0 aliphatic rings. The van der Waals surface area contributed by atoms with Gasteiger partial charge < -0.3 is 10.1 Å². The molecule has 0 spiro atoms. The highest BCUT2D eigenvalue weighted by atomic mass is 16.5. The Morgan fingerprint density at radius 2 is 2.00 bits per heavy atom. The van der Waals surface area contributed by atoms with Crippen LogP contribution < -0.4 is 10.1 Å². The third-order valence-corrected chi connectivity index (χ3v) is 2.93. The first-order chi connectivity index (χ1) is 10.1. The van der Waals surface area contributed by atoms with Crippen LogP contribution in [-0.4, -0.2) is 25.9 Å². The van der Waals surface area contributed by atoms with E-state index in [1.165, 1.54) is 0 Å². The van der Waals surface area contributed by atoms with E-state index in [2.05, 4.69) is 34.2 Å². The molecule has 0 aliphatic carbocycles. The summed E-state index contributed by atoms with van der Waals surface area (Å²) in [6, 6.07) is 4.24. The van der Waals surface area contributed by atoms with Gasteiger partial charge in [0.05, 0.1) is 12.6 Å². The molecule has 6 heteroatoms. The fraction of sp³-hybridized carbons (Fsp3) is 0.533. The molecule has 0 radical (unpaired) electrons. The van der Waals surface area contributed by atoms with Gasteiger partial charge in [-0.25, -0.2) is 14.6 Å². The molecule has 1 N–H and O–H groups in total. The Bertz CT molecular complexity index is 565. The number of aromatic nitrogens is 4. The molecule has 0 saturated carbocycles. The molecule has 2 heterocycles. The minimum atomic E-state index is 0.114. The second-order valence-electron chi connectivity index (χ2n) is 5.45. The van der Waals surface area contributed by atoms with Crippen LogP contribution in [0, 0.1) is 0 Å². The maximum absolute atomic E-state index is 5.71. The summed E-state index contributed by atoms with van der Waals surface area (Å²) < 4.78 is 7.63. The average Bonchev–Trinajstić information content (AvgIpc) is 2.88. The Morgan fingerprint density at radius 1 is 1.19 bits per heavy atom. The highest BCUT2D eigenvalue weighted by molar-refractivity contribution is 5.25. The van der Waals surface area contributed by atoms with Gasteiger partial charge in [-0.05, 0) is 33.8 Å². The molecule has 0 atom stereocenters. The summed E-state index contributed by atoms with van der Waals surface area (Å²) in [5, 5.41) is 7.60. The predicted molar refractivity (Wildman–Crippen MR) is 81.0 cm³/mol. The zero-order valence-corrected chi connectivity index (χ0v) is 13.1. The lowest BCUT2D eigenvalue weighted by molar-refractivity contribution is 0.229. The van der Waals surface area contributed by atoms with Crippen molar-refractivity contribution in [1.29, 1.82) is 0 Å². The van der Waals surface area contributed by atoms with Gasteiger partial charge in [0.25, 0.3) is 0 Å². The molecule has 2 rings (SSSR count). The van der Waals surface area contributed by atoms with Gasteiger partial charge in [0.1, 0.15) is 12.2 Å². The third kappa shape index (κ3) is 4.26. The minimum Gasteiger partial charge on any atom is -0.475 e. The van der Waals surface area contributed by atoms with E-state index < -0.39 is 0 Å². The second-order valence-corrected chi connectivity index (χ2v) is 5.45. The van der Waals surface area contributed by atoms with Gasteiger partial charge in [-0.2, -0.15) is 5.10 Å². The monoisotopic (exact) mass is 289 g/mol. The molecule has 0 aromatic carbocycles. The molecule has 0 amide bonds. The number of ether oxygens (including phenoxy) is 1. The summed E-state index contributed by atoms with van der Waals surface area (Å²) in [7, 11) is 0. The Labute approximate surface area is 125 Å². The lowest BCUT2D eigenvalue weighted by Crippen LogP contribution is -2.19. The van der Waals surface area contributed by atoms with Gasteiger partial charge in [0.15, 0.2) is 0 Å². The molecule has 0 saturated heterocycles. The Kier molecular flexibility index (Phi) is 5.27. The van der Waals surface area contributed by atoms with Crippen molar-refractivity contribution >= 4 is 0 Å². The summed E-state index contributed by atoms with van der Waals surface area (Å²) in [5.74, 6) is 1.62. The number of nitrogens with one attached hydrogen (secondary N) is 1. The summed E-state index contributed by atoms with van der Waals surface area (Å²) in [5.41, 5.74) is 1.04. The van der Waals surface area contributed by atoms with Crippen LogP contribution in [0.4, 0.5) is 0 Å². The zero-order chi connectivity index (χ0) is 15.2. The fourth-order valence-corrected chi connectivity index (χ4v) is 2.03. The van der Waals surface area contributed by atoms with E-state index in [0.717, 1.165) is 11.4 Å². The Balaban J connectivity index is 1.96. The molecule has 0 unspecified atom stereocenters. The summed E-state index contributed by atoms with van der Waals surface area (Å²) in [6.45, 7) is 9.52. The molecule has 21 heavy (non-hydrogen) atoms. The summed E-state index contributed by atoms with van der Waals surface area (Å²) >= 11 is 0. The first-order valence-corrected chi connectivity index (χ1v) is 7.27. The lowest BCUT2D eigenvalue weighted by Gasteiger charge is -2.14. The van der Waals surface area contributed by atoms with E-state index in [1.807, 2.05) is 30.7 Å². The number of nitrogens with zero attached hydrogens (tertiary/aromatic N) is 4. The highest BCUT2D eigenvalue weighted by Crippen LogP contribution is 2.15. The van der Waals surface area contributed by atoms with Crippen molar-refractivity contribution in [2.24, 2.45) is 0 Å². The predicted octanol–water partition coefficient (Wildman–Crippen LogP) is 2.33. The maximum atomic E-state index is 5.71. The van der Waals surface area contributed by atoms with Crippen molar-refractivity contribution in [3.8, 4) is 5.88 Å². The van der Waals surface area contributed by atoms with E-state index in [4.69, 9.17) is 4.74 Å². The van der Waals surface area contributed by atoms with E-state index in [0.29, 0.717) is 25.0 Å². The van der Waals surface area contributed by atoms with Crippen molar-refractivity contribution < 1.29 is 4.74 Å². The van der Waals surface area contributed by atoms with Crippen molar-refractivity contribution in [2.45, 2.75) is 52.9 Å². The van der Waals surface area contributed by atoms with Crippen LogP contribution in [-0.2, 0) is 13.1 Å². The van der Waals surface area contributed by atoms with Crippen LogP contribution in [0.2, 0.25) is 0 Å². The van der Waals surface area contributed by atoms with Gasteiger partial charge in [-0.3, -0.25) is 0 Å². The van der Waals surface area contributed by atoms with E-state index in [1.54, 1.807) is 12.5 Å². The van der Waals surface area contributed by atoms with E-state index in [9.17, 15) is 0 Å². The van der Waals surface area contributed by atoms with Crippen LogP contribution in [0.5, 0.6) is 5.88 Å². The molecule has 2 aromatic rings. The number of hydrogen-bond donors (Lipinski definition) is 1. The zero-order valence-electron chi connectivity index (χ0n) is 13.1. The van der Waals surface area contributed by atoms with Crippen molar-refractivity contribution in [2.75, 3.05) is 0 Å². The van der Waals surface area contributed by atoms with Crippen LogP contribution in [0.3, 0.4) is 0 Å². The maximum Gasteiger partial charge on any atom is 0.218 e. The molecule has 2 aromatic heterocycles. The molecule has 0 fully saturated rings. The SMILES string of the molecule is CC(C)Oc1ncccc1CNCc1ncnn1C(C)C. The topological polar surface area (TPSA) is 64.9 Å². The number of rotatable bonds is 7.